The molecule has 0 aromatic heterocycles. The van der Waals surface area contributed by atoms with Gasteiger partial charge in [0.2, 0.25) is 0 Å². The fraction of sp³-hybridized carbons (Fsp3) is 0.302. The lowest BCUT2D eigenvalue weighted by Crippen LogP contribution is -2.60. The fourth-order valence-corrected chi connectivity index (χ4v) is 7.50. The molecule has 56 heavy (non-hydrogen) atoms. The average molecular weight is 798 g/mol. The van der Waals surface area contributed by atoms with E-state index in [4.69, 9.17) is 55.0 Å². The normalized spacial score (nSPS) is 19.2. The van der Waals surface area contributed by atoms with Crippen LogP contribution < -0.4 is 14.2 Å². The molecule has 11 nitrogen and oxygen atoms in total. The Hall–Kier alpha value is -4.75. The molecule has 13 heteroatoms. The summed E-state index contributed by atoms with van der Waals surface area (Å²) in [5, 5.41) is 3.97. The van der Waals surface area contributed by atoms with Gasteiger partial charge in [-0.05, 0) is 82.4 Å². The van der Waals surface area contributed by atoms with Crippen LogP contribution in [0.4, 0.5) is 5.69 Å². The molecule has 5 atom stereocenters. The van der Waals surface area contributed by atoms with Gasteiger partial charge in [0.05, 0.1) is 65.1 Å². The summed E-state index contributed by atoms with van der Waals surface area (Å²) in [6.45, 7) is 1.25. The molecule has 6 rings (SSSR count). The van der Waals surface area contributed by atoms with Crippen LogP contribution in [0.1, 0.15) is 22.3 Å². The van der Waals surface area contributed by atoms with Gasteiger partial charge in [-0.15, -0.1) is 0 Å². The third-order valence-corrected chi connectivity index (χ3v) is 10.6. The predicted octanol–water partition coefficient (Wildman–Crippen LogP) is 10.1. The molecule has 0 N–H and O–H groups in total. The highest BCUT2D eigenvalue weighted by Gasteiger charge is 2.49. The maximum absolute atomic E-state index is 8.87. The molecule has 5 aromatic carbocycles. The first-order valence-electron chi connectivity index (χ1n) is 18.0. The van der Waals surface area contributed by atoms with Crippen molar-refractivity contribution in [3.63, 3.8) is 0 Å². The van der Waals surface area contributed by atoms with Crippen LogP contribution in [0.3, 0.4) is 0 Å². The Bertz CT molecular complexity index is 2000. The molecule has 0 spiro atoms. The zero-order valence-electron chi connectivity index (χ0n) is 31.4. The Morgan fingerprint density at radius 1 is 0.625 bits per heavy atom. The number of benzene rings is 5. The summed E-state index contributed by atoms with van der Waals surface area (Å²) in [6, 6.07) is 38.6. The SMILES string of the molecule is COc1ccc(CO[C@@H]2[C@@H](OCc3ccc(OC)cc3)[C@H](Sc3ccccc3)O[C@H](COCc3ccc(N=[N+]=[N-])c(Cl)c3)[C@H]2OCc2ccc(OC)cc2)cc1. The maximum atomic E-state index is 8.87. The summed E-state index contributed by atoms with van der Waals surface area (Å²) >= 11 is 7.94. The van der Waals surface area contributed by atoms with Gasteiger partial charge in [-0.2, -0.15) is 0 Å². The van der Waals surface area contributed by atoms with Crippen molar-refractivity contribution in [2.75, 3.05) is 27.9 Å². The maximum Gasteiger partial charge on any atom is 0.137 e. The molecule has 1 saturated heterocycles. The number of rotatable bonds is 19. The molecule has 5 aromatic rings. The van der Waals surface area contributed by atoms with Crippen LogP contribution in [0, 0.1) is 0 Å². The van der Waals surface area contributed by atoms with Gasteiger partial charge >= 0.3 is 0 Å². The van der Waals surface area contributed by atoms with Gasteiger partial charge < -0.3 is 37.9 Å². The number of halogens is 1. The van der Waals surface area contributed by atoms with Crippen LogP contribution in [0.2, 0.25) is 5.02 Å². The van der Waals surface area contributed by atoms with Crippen LogP contribution in [0.15, 0.2) is 131 Å². The lowest BCUT2D eigenvalue weighted by molar-refractivity contribution is -0.254. The van der Waals surface area contributed by atoms with E-state index in [1.54, 1.807) is 45.2 Å². The minimum absolute atomic E-state index is 0.169. The Labute approximate surface area is 336 Å². The summed E-state index contributed by atoms with van der Waals surface area (Å²) < 4.78 is 50.0. The van der Waals surface area contributed by atoms with Gasteiger partial charge in [0.1, 0.15) is 47.1 Å². The molecule has 1 fully saturated rings. The molecule has 1 aliphatic rings. The molecule has 0 amide bonds. The first-order valence-corrected chi connectivity index (χ1v) is 19.2. The largest absolute Gasteiger partial charge is 0.497 e. The van der Waals surface area contributed by atoms with Crippen LogP contribution >= 0.6 is 23.4 Å². The zero-order valence-corrected chi connectivity index (χ0v) is 32.9. The van der Waals surface area contributed by atoms with Crippen molar-refractivity contribution in [1.29, 1.82) is 0 Å². The minimum atomic E-state index is -0.625. The number of hydrogen-bond acceptors (Lipinski definition) is 10. The van der Waals surface area contributed by atoms with Gasteiger partial charge in [0.25, 0.3) is 0 Å². The molecular formula is C43H44ClN3O8S. The lowest BCUT2D eigenvalue weighted by Gasteiger charge is -2.46. The van der Waals surface area contributed by atoms with E-state index in [9.17, 15) is 0 Å². The van der Waals surface area contributed by atoms with Crippen LogP contribution in [-0.4, -0.2) is 57.8 Å². The van der Waals surface area contributed by atoms with E-state index in [1.807, 2.05) is 109 Å². The average Bonchev–Trinajstić information content (AvgIpc) is 3.24. The summed E-state index contributed by atoms with van der Waals surface area (Å²) in [5.41, 5.74) is 12.4. The van der Waals surface area contributed by atoms with E-state index in [0.717, 1.165) is 44.4 Å². The highest BCUT2D eigenvalue weighted by Crippen LogP contribution is 2.39. The quantitative estimate of drug-likeness (QED) is 0.0456. The highest BCUT2D eigenvalue weighted by atomic mass is 35.5. The number of methoxy groups -OCH3 is 3. The third-order valence-electron chi connectivity index (χ3n) is 9.11. The van der Waals surface area contributed by atoms with E-state index in [2.05, 4.69) is 10.0 Å². The zero-order chi connectivity index (χ0) is 39.1. The van der Waals surface area contributed by atoms with Crippen LogP contribution in [0.5, 0.6) is 17.2 Å². The van der Waals surface area contributed by atoms with Crippen LogP contribution in [0.25, 0.3) is 10.4 Å². The first kappa shape index (κ1) is 40.9. The van der Waals surface area contributed by atoms with Gasteiger partial charge in [0, 0.05) is 9.81 Å². The van der Waals surface area contributed by atoms with Gasteiger partial charge in [-0.1, -0.05) is 95.2 Å². The third kappa shape index (κ3) is 11.4. The minimum Gasteiger partial charge on any atom is -0.497 e. The summed E-state index contributed by atoms with van der Waals surface area (Å²) in [6.07, 6.45) is -2.38. The molecule has 0 unspecified atom stereocenters. The monoisotopic (exact) mass is 797 g/mol. The van der Waals surface area contributed by atoms with Gasteiger partial charge in [-0.3, -0.25) is 0 Å². The Kier molecular flexibility index (Phi) is 15.3. The first-order chi connectivity index (χ1) is 27.5. The second-order valence-corrected chi connectivity index (χ2v) is 14.4. The smallest absolute Gasteiger partial charge is 0.137 e. The standard InChI is InChI=1S/C43H44ClN3O8S/c1-48-33-16-9-29(10-17-33)25-52-40-39(28-51-24-32-15-22-38(46-47-45)37(44)23-32)55-43(56-36-7-5-4-6-8-36)42(54-27-31-13-20-35(50-3)21-14-31)41(40)53-26-30-11-18-34(49-2)19-12-30/h4-23,39-43H,24-28H2,1-3H3/t39-,40-,41+,42-,43+/m1/s1. The lowest BCUT2D eigenvalue weighted by atomic mass is 9.98. The number of nitrogens with zero attached hydrogens (tertiary/aromatic N) is 3. The molecule has 292 valence electrons. The summed E-state index contributed by atoms with van der Waals surface area (Å²) in [5.74, 6) is 2.27. The van der Waals surface area contributed by atoms with Crippen molar-refractivity contribution < 1.29 is 37.9 Å². The topological polar surface area (TPSA) is 123 Å². The molecule has 0 aliphatic carbocycles. The predicted molar refractivity (Wildman–Crippen MR) is 216 cm³/mol. The number of azide groups is 1. The van der Waals surface area contributed by atoms with E-state index < -0.39 is 29.9 Å². The van der Waals surface area contributed by atoms with Crippen molar-refractivity contribution in [2.24, 2.45) is 5.11 Å². The van der Waals surface area contributed by atoms with E-state index >= 15 is 0 Å². The number of hydrogen-bond donors (Lipinski definition) is 0. The summed E-state index contributed by atoms with van der Waals surface area (Å²) in [4.78, 5) is 3.85. The summed E-state index contributed by atoms with van der Waals surface area (Å²) in [7, 11) is 4.92. The van der Waals surface area contributed by atoms with Crippen LogP contribution in [-0.2, 0) is 50.1 Å². The molecule has 1 heterocycles. The number of thioether (sulfide) groups is 1. The fourth-order valence-electron chi connectivity index (χ4n) is 6.11. The van der Waals surface area contributed by atoms with E-state index in [-0.39, 0.29) is 26.4 Å². The van der Waals surface area contributed by atoms with E-state index in [0.29, 0.717) is 17.3 Å². The number of ether oxygens (including phenoxy) is 8. The second-order valence-electron chi connectivity index (χ2n) is 12.8. The van der Waals surface area contributed by atoms with Gasteiger partial charge in [0.15, 0.2) is 0 Å². The van der Waals surface area contributed by atoms with Crippen molar-refractivity contribution in [3.8, 4) is 17.2 Å². The van der Waals surface area contributed by atoms with E-state index in [1.165, 1.54) is 0 Å². The van der Waals surface area contributed by atoms with Crippen molar-refractivity contribution in [1.82, 2.24) is 0 Å². The Morgan fingerprint density at radius 2 is 1.12 bits per heavy atom. The molecule has 0 saturated carbocycles. The molecule has 1 aliphatic heterocycles. The Balaban J connectivity index is 1.32. The second kappa shape index (κ2) is 21.0. The highest BCUT2D eigenvalue weighted by molar-refractivity contribution is 7.99. The molecular weight excluding hydrogens is 754 g/mol. The molecule has 0 bridgehead atoms. The Morgan fingerprint density at radius 3 is 1.62 bits per heavy atom. The van der Waals surface area contributed by atoms with Gasteiger partial charge in [-0.25, -0.2) is 0 Å². The van der Waals surface area contributed by atoms with Crippen molar-refractivity contribution in [2.45, 2.75) is 61.2 Å². The van der Waals surface area contributed by atoms with Crippen molar-refractivity contribution in [3.05, 3.63) is 159 Å². The van der Waals surface area contributed by atoms with Crippen molar-refractivity contribution >= 4 is 29.1 Å². The molecule has 0 radical (unpaired) electrons.